The quantitative estimate of drug-likeness (QED) is 0.753. The van der Waals surface area contributed by atoms with Gasteiger partial charge < -0.3 is 5.73 Å². The Morgan fingerprint density at radius 3 is 2.84 bits per heavy atom. The Morgan fingerprint density at radius 1 is 1.16 bits per heavy atom. The van der Waals surface area contributed by atoms with E-state index >= 15 is 0 Å². The molecule has 2 amide bonds. The zero-order valence-corrected chi connectivity index (χ0v) is 10.5. The summed E-state index contributed by atoms with van der Waals surface area (Å²) in [6.07, 6.45) is 2.96. The number of carbonyl (C=O) groups excluding carboxylic acids is 1. The Morgan fingerprint density at radius 2 is 2.00 bits per heavy atom. The van der Waals surface area contributed by atoms with Gasteiger partial charge in [0.25, 0.3) is 0 Å². The Kier molecular flexibility index (Phi) is 2.91. The first-order valence-electron chi connectivity index (χ1n) is 6.39. The Balaban J connectivity index is 2.18. The maximum absolute atomic E-state index is 10.8. The first kappa shape index (κ1) is 11.7. The summed E-state index contributed by atoms with van der Waals surface area (Å²) in [5.41, 5.74) is 10.8. The van der Waals surface area contributed by atoms with Gasteiger partial charge in [0.2, 0.25) is 0 Å². The summed E-state index contributed by atoms with van der Waals surface area (Å²) < 4.78 is 0. The van der Waals surface area contributed by atoms with Gasteiger partial charge in [-0.3, -0.25) is 0 Å². The number of benzene rings is 2. The lowest BCUT2D eigenvalue weighted by molar-refractivity contribution is 0.249. The highest BCUT2D eigenvalue weighted by Crippen LogP contribution is 2.29. The van der Waals surface area contributed by atoms with Crippen molar-refractivity contribution in [2.24, 2.45) is 10.8 Å². The molecule has 2 aromatic rings. The fourth-order valence-corrected chi connectivity index (χ4v) is 2.67. The number of aryl methyl sites for hydroxylation is 1. The molecule has 0 saturated heterocycles. The summed E-state index contributed by atoms with van der Waals surface area (Å²) in [6.45, 7) is 0. The number of primary amides is 1. The smallest absolute Gasteiger partial charge is 0.332 e. The maximum atomic E-state index is 10.8. The van der Waals surface area contributed by atoms with Crippen molar-refractivity contribution < 1.29 is 4.79 Å². The van der Waals surface area contributed by atoms with Crippen LogP contribution in [0, 0.1) is 0 Å². The Bertz CT molecular complexity index is 676. The summed E-state index contributed by atoms with van der Waals surface area (Å²) in [5, 5.41) is 6.54. The van der Waals surface area contributed by atoms with Crippen LogP contribution in [-0.2, 0) is 6.42 Å². The van der Waals surface area contributed by atoms with Crippen molar-refractivity contribution in [3.63, 3.8) is 0 Å². The molecular formula is C15H15N3O. The van der Waals surface area contributed by atoms with Gasteiger partial charge in [-0.2, -0.15) is 5.10 Å². The molecule has 0 saturated carbocycles. The first-order chi connectivity index (χ1) is 9.25. The molecule has 2 aromatic carbocycles. The Hall–Kier alpha value is -2.36. The van der Waals surface area contributed by atoms with Crippen LogP contribution in [0.25, 0.3) is 10.8 Å². The second-order valence-electron chi connectivity index (χ2n) is 4.71. The molecule has 1 aliphatic carbocycles. The van der Waals surface area contributed by atoms with Crippen LogP contribution in [-0.4, -0.2) is 11.7 Å². The number of nitrogens with zero attached hydrogens (tertiary/aromatic N) is 1. The third-order valence-corrected chi connectivity index (χ3v) is 3.46. The van der Waals surface area contributed by atoms with Gasteiger partial charge in [-0.05, 0) is 35.6 Å². The highest BCUT2D eigenvalue weighted by atomic mass is 16.2. The summed E-state index contributed by atoms with van der Waals surface area (Å²) in [5.74, 6) is 0. The minimum absolute atomic E-state index is 0.625. The van der Waals surface area contributed by atoms with Crippen molar-refractivity contribution >= 4 is 22.5 Å². The number of nitrogens with two attached hydrogens (primary N) is 1. The Labute approximate surface area is 111 Å². The van der Waals surface area contributed by atoms with Crippen LogP contribution < -0.4 is 11.2 Å². The second kappa shape index (κ2) is 4.72. The predicted octanol–water partition coefficient (Wildman–Crippen LogP) is 2.55. The van der Waals surface area contributed by atoms with E-state index < -0.39 is 6.03 Å². The summed E-state index contributed by atoms with van der Waals surface area (Å²) >= 11 is 0. The summed E-state index contributed by atoms with van der Waals surface area (Å²) in [7, 11) is 0. The molecule has 0 spiro atoms. The molecule has 3 rings (SSSR count). The number of hydrogen-bond acceptors (Lipinski definition) is 2. The van der Waals surface area contributed by atoms with Crippen LogP contribution in [0.15, 0.2) is 41.5 Å². The number of rotatable bonds is 1. The van der Waals surface area contributed by atoms with Crippen LogP contribution in [0.3, 0.4) is 0 Å². The van der Waals surface area contributed by atoms with Gasteiger partial charge in [0.15, 0.2) is 0 Å². The maximum Gasteiger partial charge on any atom is 0.332 e. The monoisotopic (exact) mass is 253 g/mol. The SMILES string of the molecule is NC(=O)N/N=C1/CCCc2ccc3ccccc3c21. The largest absolute Gasteiger partial charge is 0.350 e. The van der Waals surface area contributed by atoms with Gasteiger partial charge >= 0.3 is 6.03 Å². The molecule has 4 heteroatoms. The highest BCUT2D eigenvalue weighted by Gasteiger charge is 2.18. The third kappa shape index (κ3) is 2.17. The van der Waals surface area contributed by atoms with Crippen LogP contribution >= 0.6 is 0 Å². The van der Waals surface area contributed by atoms with E-state index in [1.807, 2.05) is 12.1 Å². The van der Waals surface area contributed by atoms with Crippen molar-refractivity contribution in [1.82, 2.24) is 5.43 Å². The average Bonchev–Trinajstić information content (AvgIpc) is 2.44. The number of nitrogens with one attached hydrogen (secondary N) is 1. The minimum atomic E-state index is -0.625. The van der Waals surface area contributed by atoms with Gasteiger partial charge in [0.1, 0.15) is 0 Å². The highest BCUT2D eigenvalue weighted by molar-refractivity contribution is 6.12. The van der Waals surface area contributed by atoms with Gasteiger partial charge in [-0.25, -0.2) is 10.2 Å². The van der Waals surface area contributed by atoms with E-state index in [0.717, 1.165) is 30.5 Å². The fraction of sp³-hybridized carbons (Fsp3) is 0.200. The first-order valence-corrected chi connectivity index (χ1v) is 6.39. The molecule has 3 N–H and O–H groups in total. The van der Waals surface area contributed by atoms with Crippen LogP contribution in [0.4, 0.5) is 4.79 Å². The van der Waals surface area contributed by atoms with E-state index in [-0.39, 0.29) is 0 Å². The molecular weight excluding hydrogens is 238 g/mol. The molecule has 0 radical (unpaired) electrons. The number of amides is 2. The third-order valence-electron chi connectivity index (χ3n) is 3.46. The lowest BCUT2D eigenvalue weighted by Gasteiger charge is -2.19. The number of carbonyl (C=O) groups is 1. The van der Waals surface area contributed by atoms with Crippen molar-refractivity contribution in [3.8, 4) is 0 Å². The molecule has 4 nitrogen and oxygen atoms in total. The molecule has 0 fully saturated rings. The molecule has 0 heterocycles. The fourth-order valence-electron chi connectivity index (χ4n) is 2.67. The number of fused-ring (bicyclic) bond motifs is 3. The normalized spacial score (nSPS) is 16.3. The van der Waals surface area contributed by atoms with Crippen LogP contribution in [0.1, 0.15) is 24.0 Å². The van der Waals surface area contributed by atoms with E-state index in [0.29, 0.717) is 0 Å². The second-order valence-corrected chi connectivity index (χ2v) is 4.71. The molecule has 0 aromatic heterocycles. The molecule has 0 unspecified atom stereocenters. The lowest BCUT2D eigenvalue weighted by atomic mass is 9.86. The van der Waals surface area contributed by atoms with Crippen molar-refractivity contribution in [2.75, 3.05) is 0 Å². The zero-order chi connectivity index (χ0) is 13.2. The predicted molar refractivity (Wildman–Crippen MR) is 76.1 cm³/mol. The molecule has 1 aliphatic rings. The summed E-state index contributed by atoms with van der Waals surface area (Å²) in [6, 6.07) is 11.9. The molecule has 0 atom stereocenters. The van der Waals surface area contributed by atoms with Crippen molar-refractivity contribution in [1.29, 1.82) is 0 Å². The average molecular weight is 253 g/mol. The van der Waals surface area contributed by atoms with Gasteiger partial charge in [0.05, 0.1) is 5.71 Å². The van der Waals surface area contributed by atoms with Crippen molar-refractivity contribution in [2.45, 2.75) is 19.3 Å². The van der Waals surface area contributed by atoms with Gasteiger partial charge in [-0.1, -0.05) is 36.4 Å². The van der Waals surface area contributed by atoms with Crippen LogP contribution in [0.5, 0.6) is 0 Å². The van der Waals surface area contributed by atoms with Crippen LogP contribution in [0.2, 0.25) is 0 Å². The topological polar surface area (TPSA) is 67.5 Å². The van der Waals surface area contributed by atoms with E-state index in [1.165, 1.54) is 16.3 Å². The number of hydrogen-bond donors (Lipinski definition) is 2. The van der Waals surface area contributed by atoms with E-state index in [1.54, 1.807) is 0 Å². The summed E-state index contributed by atoms with van der Waals surface area (Å²) in [4.78, 5) is 10.8. The van der Waals surface area contributed by atoms with Crippen molar-refractivity contribution in [3.05, 3.63) is 47.5 Å². The molecule has 19 heavy (non-hydrogen) atoms. The minimum Gasteiger partial charge on any atom is -0.350 e. The molecule has 0 bridgehead atoms. The number of hydrazone groups is 1. The van der Waals surface area contributed by atoms with E-state index in [2.05, 4.69) is 34.8 Å². The van der Waals surface area contributed by atoms with Gasteiger partial charge in [0, 0.05) is 5.56 Å². The zero-order valence-electron chi connectivity index (χ0n) is 10.5. The van der Waals surface area contributed by atoms with Gasteiger partial charge in [-0.15, -0.1) is 0 Å². The number of urea groups is 1. The van der Waals surface area contributed by atoms with E-state index in [4.69, 9.17) is 5.73 Å². The standard InChI is InChI=1S/C15H15N3O/c16-15(19)18-17-13-7-3-5-11-9-8-10-4-1-2-6-12(10)14(11)13/h1-2,4,6,8-9H,3,5,7H2,(H3,16,18,19)/b17-13-. The van der Waals surface area contributed by atoms with E-state index in [9.17, 15) is 4.79 Å². The lowest BCUT2D eigenvalue weighted by Crippen LogP contribution is -2.27. The molecule has 0 aliphatic heterocycles. The molecule has 96 valence electrons.